The van der Waals surface area contributed by atoms with E-state index < -0.39 is 6.10 Å². The highest BCUT2D eigenvalue weighted by Crippen LogP contribution is 2.27. The van der Waals surface area contributed by atoms with Crippen LogP contribution in [0.2, 0.25) is 0 Å². The van der Waals surface area contributed by atoms with Crippen molar-refractivity contribution < 1.29 is 9.53 Å². The van der Waals surface area contributed by atoms with Crippen LogP contribution in [0.5, 0.6) is 5.75 Å². The maximum atomic E-state index is 12.4. The van der Waals surface area contributed by atoms with Crippen LogP contribution in [0.25, 0.3) is 0 Å². The molecular weight excluding hydrogens is 286 g/mol. The summed E-state index contributed by atoms with van der Waals surface area (Å²) in [6.45, 7) is 10.1. The Morgan fingerprint density at radius 3 is 2.35 bits per heavy atom. The lowest BCUT2D eigenvalue weighted by molar-refractivity contribution is -0.122. The van der Waals surface area contributed by atoms with Crippen LogP contribution < -0.4 is 10.1 Å². The van der Waals surface area contributed by atoms with E-state index in [1.54, 1.807) is 6.92 Å². The number of benzene rings is 2. The molecule has 2 aromatic carbocycles. The van der Waals surface area contributed by atoms with E-state index in [0.717, 1.165) is 22.6 Å². The predicted molar refractivity (Wildman–Crippen MR) is 95.2 cm³/mol. The lowest BCUT2D eigenvalue weighted by Crippen LogP contribution is -2.30. The average molecular weight is 311 g/mol. The molecular formula is C20H25NO2. The van der Waals surface area contributed by atoms with Gasteiger partial charge in [0, 0.05) is 5.69 Å². The molecule has 2 aromatic rings. The van der Waals surface area contributed by atoms with Crippen molar-refractivity contribution in [1.82, 2.24) is 0 Å². The number of aryl methyl sites for hydroxylation is 2. The maximum Gasteiger partial charge on any atom is 0.265 e. The summed E-state index contributed by atoms with van der Waals surface area (Å²) in [5.74, 6) is 0.971. The Morgan fingerprint density at radius 2 is 1.70 bits per heavy atom. The monoisotopic (exact) mass is 311 g/mol. The number of hydrogen-bond acceptors (Lipinski definition) is 2. The number of rotatable bonds is 5. The second-order valence-corrected chi connectivity index (χ2v) is 6.24. The zero-order chi connectivity index (χ0) is 17.0. The van der Waals surface area contributed by atoms with E-state index in [1.807, 2.05) is 49.4 Å². The largest absolute Gasteiger partial charge is 0.481 e. The van der Waals surface area contributed by atoms with Gasteiger partial charge in [0.05, 0.1) is 0 Å². The third kappa shape index (κ3) is 4.35. The van der Waals surface area contributed by atoms with Crippen LogP contribution in [0.1, 0.15) is 43.4 Å². The van der Waals surface area contributed by atoms with E-state index in [1.165, 1.54) is 5.56 Å². The van der Waals surface area contributed by atoms with Crippen molar-refractivity contribution in [3.63, 3.8) is 0 Å². The van der Waals surface area contributed by atoms with Gasteiger partial charge in [-0.3, -0.25) is 4.79 Å². The molecule has 0 aliphatic rings. The summed E-state index contributed by atoms with van der Waals surface area (Å²) in [6.07, 6.45) is -0.559. The fourth-order valence-corrected chi connectivity index (χ4v) is 2.37. The Morgan fingerprint density at radius 1 is 1.00 bits per heavy atom. The van der Waals surface area contributed by atoms with Crippen LogP contribution in [-0.2, 0) is 4.79 Å². The van der Waals surface area contributed by atoms with Crippen LogP contribution in [0, 0.1) is 13.8 Å². The second-order valence-electron chi connectivity index (χ2n) is 6.24. The maximum absolute atomic E-state index is 12.4. The number of nitrogens with one attached hydrogen (secondary N) is 1. The molecule has 2 rings (SSSR count). The van der Waals surface area contributed by atoms with Crippen molar-refractivity contribution in [2.24, 2.45) is 0 Å². The highest BCUT2D eigenvalue weighted by atomic mass is 16.5. The lowest BCUT2D eigenvalue weighted by atomic mass is 10.0. The van der Waals surface area contributed by atoms with Gasteiger partial charge >= 0.3 is 0 Å². The number of ether oxygens (including phenoxy) is 1. The van der Waals surface area contributed by atoms with Crippen molar-refractivity contribution >= 4 is 11.6 Å². The molecule has 0 saturated heterocycles. The van der Waals surface area contributed by atoms with Crippen molar-refractivity contribution in [1.29, 1.82) is 0 Å². The van der Waals surface area contributed by atoms with Gasteiger partial charge in [0.25, 0.3) is 5.91 Å². The fraction of sp³-hybridized carbons (Fsp3) is 0.350. The number of carbonyl (C=O) groups excluding carboxylic acids is 1. The highest BCUT2D eigenvalue weighted by molar-refractivity contribution is 5.94. The summed E-state index contributed by atoms with van der Waals surface area (Å²) in [5, 5.41) is 2.91. The summed E-state index contributed by atoms with van der Waals surface area (Å²) in [7, 11) is 0. The normalized spacial score (nSPS) is 12.1. The molecule has 0 aliphatic carbocycles. The van der Waals surface area contributed by atoms with E-state index in [9.17, 15) is 4.79 Å². The van der Waals surface area contributed by atoms with Crippen molar-refractivity contribution in [3.05, 3.63) is 59.2 Å². The molecule has 0 saturated carbocycles. The molecule has 1 N–H and O–H groups in total. The number of hydrogen-bond donors (Lipinski definition) is 1. The molecule has 1 atom stereocenters. The Kier molecular flexibility index (Phi) is 5.43. The molecule has 0 fully saturated rings. The average Bonchev–Trinajstić information content (AvgIpc) is 2.51. The summed E-state index contributed by atoms with van der Waals surface area (Å²) < 4.78 is 5.88. The molecule has 23 heavy (non-hydrogen) atoms. The summed E-state index contributed by atoms with van der Waals surface area (Å²) in [4.78, 5) is 12.4. The van der Waals surface area contributed by atoms with Crippen molar-refractivity contribution in [3.8, 4) is 5.75 Å². The van der Waals surface area contributed by atoms with Crippen molar-refractivity contribution in [2.75, 3.05) is 5.32 Å². The van der Waals surface area contributed by atoms with Crippen LogP contribution in [0.4, 0.5) is 5.69 Å². The minimum Gasteiger partial charge on any atom is -0.481 e. The zero-order valence-corrected chi connectivity index (χ0v) is 14.5. The number of carbonyl (C=O) groups is 1. The smallest absolute Gasteiger partial charge is 0.265 e. The molecule has 0 aromatic heterocycles. The quantitative estimate of drug-likeness (QED) is 0.858. The topological polar surface area (TPSA) is 38.3 Å². The van der Waals surface area contributed by atoms with Gasteiger partial charge in [0.1, 0.15) is 5.75 Å². The second kappa shape index (κ2) is 7.32. The number of amides is 1. The third-order valence-electron chi connectivity index (χ3n) is 3.99. The summed E-state index contributed by atoms with van der Waals surface area (Å²) >= 11 is 0. The van der Waals surface area contributed by atoms with E-state index in [-0.39, 0.29) is 5.91 Å². The first-order chi connectivity index (χ1) is 10.9. The van der Waals surface area contributed by atoms with Crippen molar-refractivity contribution in [2.45, 2.75) is 46.6 Å². The summed E-state index contributed by atoms with van der Waals surface area (Å²) in [6, 6.07) is 13.8. The van der Waals surface area contributed by atoms with Crippen LogP contribution in [0.15, 0.2) is 42.5 Å². The van der Waals surface area contributed by atoms with Gasteiger partial charge in [-0.25, -0.2) is 0 Å². The molecule has 0 spiro atoms. The third-order valence-corrected chi connectivity index (χ3v) is 3.99. The Balaban J connectivity index is 2.07. The van der Waals surface area contributed by atoms with E-state index in [4.69, 9.17) is 4.74 Å². The highest BCUT2D eigenvalue weighted by Gasteiger charge is 2.17. The van der Waals surface area contributed by atoms with E-state index in [2.05, 4.69) is 26.1 Å². The minimum absolute atomic E-state index is 0.146. The van der Waals surface area contributed by atoms with Gasteiger partial charge in [-0.05, 0) is 61.6 Å². The minimum atomic E-state index is -0.559. The molecule has 0 aliphatic heterocycles. The van der Waals surface area contributed by atoms with Gasteiger partial charge in [-0.2, -0.15) is 0 Å². The molecule has 122 valence electrons. The van der Waals surface area contributed by atoms with Gasteiger partial charge in [-0.1, -0.05) is 38.1 Å². The van der Waals surface area contributed by atoms with Gasteiger partial charge in [0.15, 0.2) is 6.10 Å². The first-order valence-electron chi connectivity index (χ1n) is 8.02. The Bertz CT molecular complexity index is 692. The molecule has 0 unspecified atom stereocenters. The predicted octanol–water partition coefficient (Wildman–Crippen LogP) is 4.83. The zero-order valence-electron chi connectivity index (χ0n) is 14.5. The van der Waals surface area contributed by atoms with Crippen LogP contribution >= 0.6 is 0 Å². The Labute approximate surface area is 138 Å². The van der Waals surface area contributed by atoms with Crippen LogP contribution in [-0.4, -0.2) is 12.0 Å². The first kappa shape index (κ1) is 17.1. The Hall–Kier alpha value is -2.29. The molecule has 0 heterocycles. The lowest BCUT2D eigenvalue weighted by Gasteiger charge is -2.19. The van der Waals surface area contributed by atoms with Gasteiger partial charge < -0.3 is 10.1 Å². The molecule has 0 radical (unpaired) electrons. The van der Waals surface area contributed by atoms with Crippen LogP contribution in [0.3, 0.4) is 0 Å². The SMILES string of the molecule is Cc1ccc(NC(=O)[C@@H](C)Oc2ccccc2C(C)C)cc1C. The molecule has 3 heteroatoms. The molecule has 3 nitrogen and oxygen atoms in total. The summed E-state index contributed by atoms with van der Waals surface area (Å²) in [5.41, 5.74) is 4.27. The first-order valence-corrected chi connectivity index (χ1v) is 8.02. The molecule has 0 bridgehead atoms. The standard InChI is InChI=1S/C20H25NO2/c1-13(2)18-8-6-7-9-19(18)23-16(5)20(22)21-17-11-10-14(3)15(4)12-17/h6-13,16H,1-5H3,(H,21,22)/t16-/m1/s1. The molecule has 1 amide bonds. The van der Waals surface area contributed by atoms with E-state index >= 15 is 0 Å². The number of para-hydroxylation sites is 1. The van der Waals surface area contributed by atoms with Gasteiger partial charge in [0.2, 0.25) is 0 Å². The van der Waals surface area contributed by atoms with E-state index in [0.29, 0.717) is 5.92 Å². The van der Waals surface area contributed by atoms with Gasteiger partial charge in [-0.15, -0.1) is 0 Å². The fourth-order valence-electron chi connectivity index (χ4n) is 2.37. The number of anilines is 1.